The first-order valence-corrected chi connectivity index (χ1v) is 19.2. The van der Waals surface area contributed by atoms with Crippen LogP contribution in [0.25, 0.3) is 27.9 Å². The molecule has 3 N–H and O–H groups in total. The molecule has 2 aliphatic rings. The minimum atomic E-state index is -0.577. The molecule has 0 saturated carbocycles. The number of likely N-dealkylation sites (tertiary alicyclic amines) is 1. The summed E-state index contributed by atoms with van der Waals surface area (Å²) < 4.78 is 37.8. The molecule has 0 spiro atoms. The van der Waals surface area contributed by atoms with Crippen molar-refractivity contribution in [2.24, 2.45) is 0 Å². The smallest absolute Gasteiger partial charge is 0.292 e. The normalized spacial score (nSPS) is 16.7. The molecule has 2 aromatic carbocycles. The summed E-state index contributed by atoms with van der Waals surface area (Å²) in [7, 11) is 0. The van der Waals surface area contributed by atoms with Gasteiger partial charge < -0.3 is 15.2 Å². The lowest BCUT2D eigenvalue weighted by Crippen LogP contribution is -2.47. The Balaban J connectivity index is 0.876. The number of hydrogen-bond donors (Lipinski definition) is 3. The van der Waals surface area contributed by atoms with Gasteiger partial charge in [-0.2, -0.15) is 10.1 Å². The van der Waals surface area contributed by atoms with Crippen LogP contribution in [0.1, 0.15) is 85.7 Å². The van der Waals surface area contributed by atoms with E-state index in [4.69, 9.17) is 4.52 Å². The van der Waals surface area contributed by atoms with Crippen LogP contribution in [-0.2, 0) is 28.1 Å². The Morgan fingerprint density at radius 3 is 2.40 bits per heavy atom. The lowest BCUT2D eigenvalue weighted by Gasteiger charge is -2.32. The second-order valence-corrected chi connectivity index (χ2v) is 15.8. The summed E-state index contributed by atoms with van der Waals surface area (Å²) in [6.45, 7) is 7.66. The van der Waals surface area contributed by atoms with Crippen LogP contribution in [0.5, 0.6) is 0 Å². The summed E-state index contributed by atoms with van der Waals surface area (Å²) in [6, 6.07) is 15.2. The van der Waals surface area contributed by atoms with E-state index in [-0.39, 0.29) is 41.5 Å². The number of nitrogens with zero attached hydrogens (tertiary/aromatic N) is 7. The molecule has 2 fully saturated rings. The van der Waals surface area contributed by atoms with Crippen LogP contribution in [-0.4, -0.2) is 71.5 Å². The molecule has 14 nitrogen and oxygen atoms in total. The van der Waals surface area contributed by atoms with Gasteiger partial charge in [0.1, 0.15) is 24.0 Å². The number of carbonyl (C=O) groups is 3. The third-order valence-electron chi connectivity index (χ3n) is 10.6. The molecule has 4 aromatic heterocycles. The van der Waals surface area contributed by atoms with Crippen molar-refractivity contribution >= 4 is 28.9 Å². The number of anilines is 1. The van der Waals surface area contributed by atoms with Gasteiger partial charge in [0.2, 0.25) is 17.7 Å². The quantitative estimate of drug-likeness (QED) is 0.140. The second-order valence-electron chi connectivity index (χ2n) is 15.8. The number of nitrogens with one attached hydrogen (secondary N) is 3. The number of carbonyl (C=O) groups excluding carboxylic acids is 3. The zero-order chi connectivity index (χ0) is 40.6. The molecule has 0 bridgehead atoms. The van der Waals surface area contributed by atoms with Crippen LogP contribution in [0, 0.1) is 11.6 Å². The maximum Gasteiger partial charge on any atom is 0.292 e. The minimum absolute atomic E-state index is 0.0837. The van der Waals surface area contributed by atoms with E-state index in [1.165, 1.54) is 18.5 Å². The van der Waals surface area contributed by atoms with Gasteiger partial charge in [-0.25, -0.2) is 18.3 Å². The van der Waals surface area contributed by atoms with Crippen molar-refractivity contribution in [1.29, 1.82) is 0 Å². The Labute approximate surface area is 332 Å². The largest absolute Gasteiger partial charge is 0.372 e. The number of fused-ring (bicyclic) bond motifs is 1. The number of imide groups is 1. The number of hydrogen-bond acceptors (Lipinski definition) is 11. The molecule has 58 heavy (non-hydrogen) atoms. The molecule has 2 aliphatic heterocycles. The molecule has 6 aromatic rings. The van der Waals surface area contributed by atoms with E-state index in [1.54, 1.807) is 29.0 Å². The van der Waals surface area contributed by atoms with Gasteiger partial charge in [0, 0.05) is 65.0 Å². The standard InChI is InChI=1S/C42H42F2N10O4/c1-42(2,3)41-51-38(52-58-41)40(57)46-19-27-6-5-26(17-31(27)43)37-35-18-29(22-54(35)48-23-47-37)25-4-7-28(32(44)16-25)21-53-14-12-24(13-15-53)33-9-8-30(20-45-33)49-34-10-11-36(55)50-39(34)56/h4-9,16-18,20,22-24,34,49H,10-15,19,21H2,1-3H3,(H,46,57)(H,50,55,56). The first-order chi connectivity index (χ1) is 27.9. The number of halogens is 2. The van der Waals surface area contributed by atoms with Crippen LogP contribution < -0.4 is 16.0 Å². The number of pyridine rings is 1. The zero-order valence-corrected chi connectivity index (χ0v) is 32.3. The number of rotatable bonds is 10. The fourth-order valence-electron chi connectivity index (χ4n) is 7.27. The van der Waals surface area contributed by atoms with E-state index < -0.39 is 23.2 Å². The number of amides is 3. The van der Waals surface area contributed by atoms with Crippen LogP contribution in [0.3, 0.4) is 0 Å². The summed E-state index contributed by atoms with van der Waals surface area (Å²) >= 11 is 0. The summed E-state index contributed by atoms with van der Waals surface area (Å²) in [6.07, 6.45) is 7.43. The highest BCUT2D eigenvalue weighted by molar-refractivity contribution is 6.01. The highest BCUT2D eigenvalue weighted by atomic mass is 19.1. The van der Waals surface area contributed by atoms with Crippen molar-refractivity contribution < 1.29 is 27.7 Å². The summed E-state index contributed by atoms with van der Waals surface area (Å²) in [4.78, 5) is 51.6. The molecule has 16 heteroatoms. The van der Waals surface area contributed by atoms with Gasteiger partial charge in [0.05, 0.1) is 23.1 Å². The fraction of sp³-hybridized carbons (Fsp3) is 0.333. The average Bonchev–Trinajstić information content (AvgIpc) is 3.89. The van der Waals surface area contributed by atoms with Gasteiger partial charge in [-0.15, -0.1) is 0 Å². The maximum atomic E-state index is 15.6. The topological polar surface area (TPSA) is 173 Å². The molecule has 8 rings (SSSR count). The van der Waals surface area contributed by atoms with Crippen LogP contribution >= 0.6 is 0 Å². The molecule has 3 amide bonds. The lowest BCUT2D eigenvalue weighted by molar-refractivity contribution is -0.133. The SMILES string of the molecule is CC(C)(C)c1nc(C(=O)NCc2ccc(-c3ncnn4cc(-c5ccc(CN6CCC(c7ccc(NC8CCC(=O)NC8=O)cn7)CC6)c(F)c5)cc34)cc2F)no1. The highest BCUT2D eigenvalue weighted by Gasteiger charge is 2.28. The molecule has 2 saturated heterocycles. The first-order valence-electron chi connectivity index (χ1n) is 19.2. The fourth-order valence-corrected chi connectivity index (χ4v) is 7.27. The zero-order valence-electron chi connectivity index (χ0n) is 32.3. The van der Waals surface area contributed by atoms with Gasteiger partial charge in [-0.05, 0) is 68.2 Å². The Morgan fingerprint density at radius 2 is 1.69 bits per heavy atom. The molecule has 6 heterocycles. The van der Waals surface area contributed by atoms with Crippen molar-refractivity contribution in [1.82, 2.24) is 45.3 Å². The third kappa shape index (κ3) is 8.32. The van der Waals surface area contributed by atoms with Gasteiger partial charge in [0.25, 0.3) is 11.7 Å². The van der Waals surface area contributed by atoms with E-state index >= 15 is 8.78 Å². The summed E-state index contributed by atoms with van der Waals surface area (Å²) in [5, 5.41) is 16.2. The first kappa shape index (κ1) is 38.5. The number of benzene rings is 2. The van der Waals surface area contributed by atoms with E-state index in [0.717, 1.165) is 42.9 Å². The average molecular weight is 789 g/mol. The van der Waals surface area contributed by atoms with Gasteiger partial charge in [0.15, 0.2) is 0 Å². The second kappa shape index (κ2) is 15.8. The Bertz CT molecular complexity index is 2500. The molecule has 0 aliphatic carbocycles. The van der Waals surface area contributed by atoms with Gasteiger partial charge in [-0.3, -0.25) is 29.6 Å². The maximum absolute atomic E-state index is 15.6. The van der Waals surface area contributed by atoms with Gasteiger partial charge in [-0.1, -0.05) is 50.2 Å². The van der Waals surface area contributed by atoms with Gasteiger partial charge >= 0.3 is 0 Å². The van der Waals surface area contributed by atoms with E-state index in [1.807, 2.05) is 51.1 Å². The van der Waals surface area contributed by atoms with Crippen LogP contribution in [0.4, 0.5) is 14.5 Å². The predicted molar refractivity (Wildman–Crippen MR) is 209 cm³/mol. The summed E-state index contributed by atoms with van der Waals surface area (Å²) in [5.74, 6) is -1.50. The van der Waals surface area contributed by atoms with Crippen molar-refractivity contribution in [3.63, 3.8) is 0 Å². The Kier molecular flexibility index (Phi) is 10.5. The minimum Gasteiger partial charge on any atom is -0.372 e. The molecule has 298 valence electrons. The predicted octanol–water partition coefficient (Wildman–Crippen LogP) is 5.94. The van der Waals surface area contributed by atoms with E-state index in [0.29, 0.717) is 53.2 Å². The van der Waals surface area contributed by atoms with Crippen molar-refractivity contribution in [3.05, 3.63) is 113 Å². The van der Waals surface area contributed by atoms with Crippen molar-refractivity contribution in [2.75, 3.05) is 18.4 Å². The van der Waals surface area contributed by atoms with Crippen molar-refractivity contribution in [3.8, 4) is 22.4 Å². The third-order valence-corrected chi connectivity index (χ3v) is 10.6. The Morgan fingerprint density at radius 1 is 0.931 bits per heavy atom. The Hall–Kier alpha value is -6.42. The summed E-state index contributed by atoms with van der Waals surface area (Å²) in [5.41, 5.74) is 5.20. The lowest BCUT2D eigenvalue weighted by atomic mass is 9.92. The monoisotopic (exact) mass is 788 g/mol. The van der Waals surface area contributed by atoms with Crippen LogP contribution in [0.15, 0.2) is 77.8 Å². The highest BCUT2D eigenvalue weighted by Crippen LogP contribution is 2.32. The van der Waals surface area contributed by atoms with E-state index in [2.05, 4.69) is 46.1 Å². The number of aromatic nitrogens is 6. The number of piperidine rings is 2. The molecule has 1 unspecified atom stereocenters. The van der Waals surface area contributed by atoms with E-state index in [9.17, 15) is 14.4 Å². The molecule has 0 radical (unpaired) electrons. The molecular formula is C42H42F2N10O4. The molecular weight excluding hydrogens is 747 g/mol. The van der Waals surface area contributed by atoms with Crippen LogP contribution in [0.2, 0.25) is 0 Å². The molecule has 1 atom stereocenters. The van der Waals surface area contributed by atoms with Crippen molar-refractivity contribution in [2.45, 2.75) is 76.9 Å².